The Hall–Kier alpha value is -3.31. The first-order valence-electron chi connectivity index (χ1n) is 10.1. The predicted octanol–water partition coefficient (Wildman–Crippen LogP) is 5.54. The van der Waals surface area contributed by atoms with E-state index in [0.29, 0.717) is 31.1 Å². The van der Waals surface area contributed by atoms with Crippen molar-refractivity contribution < 1.29 is 14.3 Å². The molecule has 0 aliphatic rings. The number of amides is 1. The lowest BCUT2D eigenvalue weighted by Crippen LogP contribution is -2.18. The lowest BCUT2D eigenvalue weighted by atomic mass is 10.2. The van der Waals surface area contributed by atoms with Gasteiger partial charge in [0.2, 0.25) is 5.91 Å². The summed E-state index contributed by atoms with van der Waals surface area (Å²) in [6.45, 7) is 2.88. The van der Waals surface area contributed by atoms with E-state index in [4.69, 9.17) is 21.1 Å². The Balaban J connectivity index is 1.38. The van der Waals surface area contributed by atoms with Crippen LogP contribution in [0.3, 0.4) is 0 Å². The number of carbonyl (C=O) groups excluding carboxylic acids is 1. The molecule has 0 aliphatic heterocycles. The standard InChI is InChI=1S/C25H25ClN2O3/c1-19-15-22(26)12-13-24(19)30-14-6-11-25(29)28-27-17-21-9-5-10-23(16-21)31-18-20-7-3-2-4-8-20/h2-5,7-10,12-13,15-17H,6,11,14,18H2,1H3,(H,28,29). The fourth-order valence-electron chi connectivity index (χ4n) is 2.85. The summed E-state index contributed by atoms with van der Waals surface area (Å²) in [6, 6.07) is 23.0. The maximum atomic E-state index is 12.0. The van der Waals surface area contributed by atoms with Crippen molar-refractivity contribution in [3.8, 4) is 11.5 Å². The van der Waals surface area contributed by atoms with Gasteiger partial charge in [-0.05, 0) is 60.4 Å². The van der Waals surface area contributed by atoms with Gasteiger partial charge < -0.3 is 9.47 Å². The van der Waals surface area contributed by atoms with E-state index in [1.54, 1.807) is 12.3 Å². The first kappa shape index (κ1) is 22.4. The summed E-state index contributed by atoms with van der Waals surface area (Å²) in [5, 5.41) is 4.70. The van der Waals surface area contributed by atoms with E-state index in [0.717, 1.165) is 28.2 Å². The zero-order chi connectivity index (χ0) is 21.9. The third-order valence-electron chi connectivity index (χ3n) is 4.45. The molecule has 0 aliphatic carbocycles. The highest BCUT2D eigenvalue weighted by atomic mass is 35.5. The summed E-state index contributed by atoms with van der Waals surface area (Å²) < 4.78 is 11.5. The molecular weight excluding hydrogens is 412 g/mol. The minimum absolute atomic E-state index is 0.163. The van der Waals surface area contributed by atoms with Crippen molar-refractivity contribution in [1.29, 1.82) is 0 Å². The molecule has 0 radical (unpaired) electrons. The molecule has 3 aromatic rings. The van der Waals surface area contributed by atoms with Crippen LogP contribution in [0, 0.1) is 6.92 Å². The van der Waals surface area contributed by atoms with Gasteiger partial charge in [-0.15, -0.1) is 0 Å². The van der Waals surface area contributed by atoms with E-state index in [1.807, 2.05) is 73.7 Å². The van der Waals surface area contributed by atoms with Gasteiger partial charge in [0.05, 0.1) is 12.8 Å². The number of nitrogens with zero attached hydrogens (tertiary/aromatic N) is 1. The number of carbonyl (C=O) groups is 1. The number of hydrazone groups is 1. The molecule has 0 heterocycles. The van der Waals surface area contributed by atoms with Crippen molar-refractivity contribution in [2.75, 3.05) is 6.61 Å². The molecule has 0 saturated heterocycles. The average molecular weight is 437 g/mol. The molecule has 0 saturated carbocycles. The highest BCUT2D eigenvalue weighted by molar-refractivity contribution is 6.30. The number of aryl methyl sites for hydroxylation is 1. The van der Waals surface area contributed by atoms with Gasteiger partial charge in [0.1, 0.15) is 18.1 Å². The fourth-order valence-corrected chi connectivity index (χ4v) is 3.08. The molecule has 0 unspecified atom stereocenters. The van der Waals surface area contributed by atoms with Crippen LogP contribution in [0.25, 0.3) is 0 Å². The summed E-state index contributed by atoms with van der Waals surface area (Å²) in [6.07, 6.45) is 2.51. The van der Waals surface area contributed by atoms with Crippen LogP contribution in [-0.4, -0.2) is 18.7 Å². The number of ether oxygens (including phenoxy) is 2. The largest absolute Gasteiger partial charge is 0.493 e. The Morgan fingerprint density at radius 3 is 2.68 bits per heavy atom. The van der Waals surface area contributed by atoms with E-state index in [1.165, 1.54) is 0 Å². The number of halogens is 1. The second-order valence-electron chi connectivity index (χ2n) is 7.00. The summed E-state index contributed by atoms with van der Waals surface area (Å²) in [5.41, 5.74) is 5.45. The van der Waals surface area contributed by atoms with Crippen LogP contribution in [0.4, 0.5) is 0 Å². The maximum absolute atomic E-state index is 12.0. The second-order valence-corrected chi connectivity index (χ2v) is 7.44. The van der Waals surface area contributed by atoms with Gasteiger partial charge in [-0.25, -0.2) is 5.43 Å². The fraction of sp³-hybridized carbons (Fsp3) is 0.200. The third-order valence-corrected chi connectivity index (χ3v) is 4.69. The predicted molar refractivity (Wildman–Crippen MR) is 124 cm³/mol. The second kappa shape index (κ2) is 11.8. The first-order valence-corrected chi connectivity index (χ1v) is 10.5. The van der Waals surface area contributed by atoms with Crippen molar-refractivity contribution in [2.45, 2.75) is 26.4 Å². The summed E-state index contributed by atoms with van der Waals surface area (Å²) >= 11 is 5.93. The smallest absolute Gasteiger partial charge is 0.240 e. The zero-order valence-corrected chi connectivity index (χ0v) is 18.1. The molecule has 1 amide bonds. The van der Waals surface area contributed by atoms with Crippen molar-refractivity contribution in [2.24, 2.45) is 5.10 Å². The van der Waals surface area contributed by atoms with Crippen LogP contribution in [0.1, 0.15) is 29.5 Å². The van der Waals surface area contributed by atoms with Crippen LogP contribution in [0.5, 0.6) is 11.5 Å². The normalized spacial score (nSPS) is 10.8. The molecule has 0 aromatic heterocycles. The number of hydrogen-bond donors (Lipinski definition) is 1. The lowest BCUT2D eigenvalue weighted by molar-refractivity contribution is -0.121. The summed E-state index contributed by atoms with van der Waals surface area (Å²) in [4.78, 5) is 12.0. The van der Waals surface area contributed by atoms with E-state index in [-0.39, 0.29) is 5.91 Å². The topological polar surface area (TPSA) is 59.9 Å². The molecule has 31 heavy (non-hydrogen) atoms. The third kappa shape index (κ3) is 7.79. The Labute approximate surface area is 187 Å². The Bertz CT molecular complexity index is 1020. The monoisotopic (exact) mass is 436 g/mol. The number of rotatable bonds is 10. The van der Waals surface area contributed by atoms with Crippen LogP contribution in [0.15, 0.2) is 77.9 Å². The Kier molecular flexibility index (Phi) is 8.49. The minimum atomic E-state index is -0.163. The van der Waals surface area contributed by atoms with Crippen LogP contribution < -0.4 is 14.9 Å². The van der Waals surface area contributed by atoms with Gasteiger partial charge in [0, 0.05) is 11.4 Å². The summed E-state index contributed by atoms with van der Waals surface area (Å²) in [5.74, 6) is 1.36. The van der Waals surface area contributed by atoms with Gasteiger partial charge in [0.25, 0.3) is 0 Å². The molecule has 3 aromatic carbocycles. The SMILES string of the molecule is Cc1cc(Cl)ccc1OCCCC(=O)NN=Cc1cccc(OCc2ccccc2)c1. The van der Waals surface area contributed by atoms with Crippen LogP contribution in [-0.2, 0) is 11.4 Å². The molecule has 0 fully saturated rings. The van der Waals surface area contributed by atoms with Crippen molar-refractivity contribution in [3.05, 3.63) is 94.5 Å². The molecule has 6 heteroatoms. The average Bonchev–Trinajstić information content (AvgIpc) is 2.77. The van der Waals surface area contributed by atoms with Gasteiger partial charge in [-0.1, -0.05) is 54.1 Å². The lowest BCUT2D eigenvalue weighted by Gasteiger charge is -2.09. The molecule has 0 spiro atoms. The van der Waals surface area contributed by atoms with E-state index in [2.05, 4.69) is 10.5 Å². The van der Waals surface area contributed by atoms with Crippen LogP contribution in [0.2, 0.25) is 5.02 Å². The first-order chi connectivity index (χ1) is 15.1. The number of benzene rings is 3. The van der Waals surface area contributed by atoms with E-state index >= 15 is 0 Å². The van der Waals surface area contributed by atoms with Gasteiger partial charge in [-0.2, -0.15) is 5.10 Å². The molecule has 3 rings (SSSR count). The highest BCUT2D eigenvalue weighted by Gasteiger charge is 2.03. The number of nitrogens with one attached hydrogen (secondary N) is 1. The van der Waals surface area contributed by atoms with Crippen molar-refractivity contribution in [1.82, 2.24) is 5.43 Å². The highest BCUT2D eigenvalue weighted by Crippen LogP contribution is 2.22. The minimum Gasteiger partial charge on any atom is -0.493 e. The zero-order valence-electron chi connectivity index (χ0n) is 17.4. The molecular formula is C25H25ClN2O3. The van der Waals surface area contributed by atoms with E-state index < -0.39 is 0 Å². The Morgan fingerprint density at radius 2 is 1.87 bits per heavy atom. The van der Waals surface area contributed by atoms with Crippen molar-refractivity contribution in [3.63, 3.8) is 0 Å². The molecule has 0 atom stereocenters. The molecule has 1 N–H and O–H groups in total. The van der Waals surface area contributed by atoms with Crippen LogP contribution >= 0.6 is 11.6 Å². The van der Waals surface area contributed by atoms with Crippen molar-refractivity contribution >= 4 is 23.7 Å². The van der Waals surface area contributed by atoms with Gasteiger partial charge >= 0.3 is 0 Å². The number of hydrogen-bond acceptors (Lipinski definition) is 4. The van der Waals surface area contributed by atoms with E-state index in [9.17, 15) is 4.79 Å². The maximum Gasteiger partial charge on any atom is 0.240 e. The van der Waals surface area contributed by atoms with Gasteiger partial charge in [-0.3, -0.25) is 4.79 Å². The molecule has 5 nitrogen and oxygen atoms in total. The summed E-state index contributed by atoms with van der Waals surface area (Å²) in [7, 11) is 0. The molecule has 0 bridgehead atoms. The Morgan fingerprint density at radius 1 is 1.03 bits per heavy atom. The van der Waals surface area contributed by atoms with Gasteiger partial charge in [0.15, 0.2) is 0 Å². The quantitative estimate of drug-likeness (QED) is 0.258. The molecule has 160 valence electrons.